The summed E-state index contributed by atoms with van der Waals surface area (Å²) in [5.41, 5.74) is 5.59. The zero-order valence-electron chi connectivity index (χ0n) is 15.0. The Labute approximate surface area is 160 Å². The largest absolute Gasteiger partial charge is 0.484 e. The lowest BCUT2D eigenvalue weighted by atomic mass is 10.0. The van der Waals surface area contributed by atoms with Gasteiger partial charge < -0.3 is 15.8 Å². The van der Waals surface area contributed by atoms with Gasteiger partial charge in [-0.15, -0.1) is 0 Å². The molecule has 1 fully saturated rings. The molecule has 5 amide bonds. The zero-order chi connectivity index (χ0) is 20.3. The van der Waals surface area contributed by atoms with E-state index in [1.54, 1.807) is 0 Å². The van der Waals surface area contributed by atoms with Crippen LogP contribution in [0.5, 0.6) is 5.75 Å². The number of carbonyl (C=O) groups excluding carboxylic acids is 5. The van der Waals surface area contributed by atoms with E-state index in [2.05, 4.69) is 10.6 Å². The van der Waals surface area contributed by atoms with Gasteiger partial charge in [-0.1, -0.05) is 0 Å². The van der Waals surface area contributed by atoms with Crippen LogP contribution >= 0.6 is 0 Å². The Morgan fingerprint density at radius 1 is 1.21 bits per heavy atom. The predicted molar refractivity (Wildman–Crippen MR) is 95.3 cm³/mol. The number of amides is 5. The molecular weight excluding hydrogens is 368 g/mol. The van der Waals surface area contributed by atoms with Gasteiger partial charge in [-0.25, -0.2) is 0 Å². The van der Waals surface area contributed by atoms with E-state index in [1.165, 1.54) is 18.2 Å². The number of nitrogens with two attached hydrogens (primary N) is 1. The van der Waals surface area contributed by atoms with Crippen molar-refractivity contribution < 1.29 is 28.7 Å². The van der Waals surface area contributed by atoms with E-state index in [1.807, 2.05) is 0 Å². The maximum atomic E-state index is 12.7. The number of benzene rings is 1. The molecule has 2 aliphatic rings. The average Bonchev–Trinajstić information content (AvgIpc) is 2.91. The number of nitrogens with one attached hydrogen (secondary N) is 2. The molecule has 1 saturated heterocycles. The topological polar surface area (TPSA) is 148 Å². The monoisotopic (exact) mass is 388 g/mol. The predicted octanol–water partition coefficient (Wildman–Crippen LogP) is -1.07. The molecule has 2 aliphatic heterocycles. The van der Waals surface area contributed by atoms with E-state index in [9.17, 15) is 24.0 Å². The summed E-state index contributed by atoms with van der Waals surface area (Å²) in [6, 6.07) is 3.24. The van der Waals surface area contributed by atoms with Gasteiger partial charge in [0.2, 0.25) is 11.8 Å². The third-order valence-electron chi connectivity index (χ3n) is 4.48. The van der Waals surface area contributed by atoms with E-state index in [0.29, 0.717) is 19.5 Å². The average molecular weight is 388 g/mol. The Kier molecular flexibility index (Phi) is 5.69. The molecule has 1 aromatic rings. The molecule has 0 aromatic heterocycles. The number of nitrogens with zero attached hydrogens (tertiary/aromatic N) is 1. The van der Waals surface area contributed by atoms with Gasteiger partial charge in [-0.3, -0.25) is 34.2 Å². The van der Waals surface area contributed by atoms with Crippen molar-refractivity contribution in [3.8, 4) is 5.75 Å². The molecule has 2 heterocycles. The van der Waals surface area contributed by atoms with Crippen LogP contribution in [0.4, 0.5) is 0 Å². The van der Waals surface area contributed by atoms with Gasteiger partial charge in [0.1, 0.15) is 11.8 Å². The molecule has 0 radical (unpaired) electrons. The molecule has 1 atom stereocenters. The van der Waals surface area contributed by atoms with Gasteiger partial charge in [-0.05, 0) is 37.6 Å². The summed E-state index contributed by atoms with van der Waals surface area (Å²) >= 11 is 0. The fourth-order valence-corrected chi connectivity index (χ4v) is 3.07. The Bertz CT molecular complexity index is 852. The van der Waals surface area contributed by atoms with Gasteiger partial charge in [-0.2, -0.15) is 0 Å². The van der Waals surface area contributed by atoms with Crippen LogP contribution in [-0.4, -0.2) is 60.2 Å². The van der Waals surface area contributed by atoms with Crippen molar-refractivity contribution in [3.63, 3.8) is 0 Å². The standard InChI is InChI=1S/C18H20N4O6/c19-6-1-7-20-15(24)9-28-10-2-3-11-12(8-10)18(27)22(17(11)26)13-4-5-14(23)21-16(13)25/h2-3,8,13H,1,4-7,9,19H2,(H,20,24)(H,21,23,25). The summed E-state index contributed by atoms with van der Waals surface area (Å²) in [7, 11) is 0. The van der Waals surface area contributed by atoms with Crippen LogP contribution in [0.25, 0.3) is 0 Å². The van der Waals surface area contributed by atoms with Crippen molar-refractivity contribution in [2.24, 2.45) is 5.73 Å². The van der Waals surface area contributed by atoms with Crippen LogP contribution in [0.3, 0.4) is 0 Å². The van der Waals surface area contributed by atoms with E-state index >= 15 is 0 Å². The molecule has 3 rings (SSSR count). The van der Waals surface area contributed by atoms with Crippen molar-refractivity contribution in [1.82, 2.24) is 15.5 Å². The van der Waals surface area contributed by atoms with E-state index in [4.69, 9.17) is 10.5 Å². The summed E-state index contributed by atoms with van der Waals surface area (Å²) in [4.78, 5) is 61.2. The van der Waals surface area contributed by atoms with E-state index in [0.717, 1.165) is 4.90 Å². The number of carbonyl (C=O) groups is 5. The van der Waals surface area contributed by atoms with Gasteiger partial charge in [0.25, 0.3) is 17.7 Å². The molecule has 1 aromatic carbocycles. The Morgan fingerprint density at radius 3 is 2.68 bits per heavy atom. The first-order valence-electron chi connectivity index (χ1n) is 8.87. The van der Waals surface area contributed by atoms with Crippen LogP contribution in [0, 0.1) is 0 Å². The minimum Gasteiger partial charge on any atom is -0.484 e. The number of ether oxygens (including phenoxy) is 1. The zero-order valence-corrected chi connectivity index (χ0v) is 15.0. The molecule has 1 unspecified atom stereocenters. The molecule has 148 valence electrons. The van der Waals surface area contributed by atoms with Gasteiger partial charge in [0, 0.05) is 13.0 Å². The summed E-state index contributed by atoms with van der Waals surface area (Å²) in [6.45, 7) is 0.658. The first-order chi connectivity index (χ1) is 13.4. The number of hydrogen-bond acceptors (Lipinski definition) is 7. The third-order valence-corrected chi connectivity index (χ3v) is 4.48. The van der Waals surface area contributed by atoms with Crippen molar-refractivity contribution >= 4 is 29.5 Å². The minimum absolute atomic E-state index is 0.0530. The second-order valence-electron chi connectivity index (χ2n) is 6.44. The Morgan fingerprint density at radius 2 is 1.96 bits per heavy atom. The molecular formula is C18H20N4O6. The summed E-state index contributed by atoms with van der Waals surface area (Å²) < 4.78 is 5.37. The van der Waals surface area contributed by atoms with Crippen molar-refractivity contribution in [2.45, 2.75) is 25.3 Å². The first-order valence-corrected chi connectivity index (χ1v) is 8.87. The normalized spacial score (nSPS) is 18.8. The molecule has 10 nitrogen and oxygen atoms in total. The van der Waals surface area contributed by atoms with Crippen LogP contribution in [0.1, 0.15) is 40.0 Å². The fraction of sp³-hybridized carbons (Fsp3) is 0.389. The molecule has 0 saturated carbocycles. The fourth-order valence-electron chi connectivity index (χ4n) is 3.07. The van der Waals surface area contributed by atoms with E-state index in [-0.39, 0.29) is 42.2 Å². The molecule has 0 bridgehead atoms. The van der Waals surface area contributed by atoms with Crippen molar-refractivity contribution in [3.05, 3.63) is 29.3 Å². The van der Waals surface area contributed by atoms with Crippen LogP contribution < -0.4 is 21.1 Å². The highest BCUT2D eigenvalue weighted by atomic mass is 16.5. The van der Waals surface area contributed by atoms with Gasteiger partial charge in [0.05, 0.1) is 11.1 Å². The van der Waals surface area contributed by atoms with Crippen molar-refractivity contribution in [1.29, 1.82) is 0 Å². The van der Waals surface area contributed by atoms with E-state index < -0.39 is 29.7 Å². The highest BCUT2D eigenvalue weighted by Gasteiger charge is 2.44. The maximum Gasteiger partial charge on any atom is 0.262 e. The van der Waals surface area contributed by atoms with Crippen LogP contribution in [0.15, 0.2) is 18.2 Å². The summed E-state index contributed by atoms with van der Waals surface area (Å²) in [5, 5.41) is 4.77. The lowest BCUT2D eigenvalue weighted by molar-refractivity contribution is -0.136. The number of rotatable bonds is 7. The number of hydrogen-bond donors (Lipinski definition) is 3. The van der Waals surface area contributed by atoms with Crippen molar-refractivity contribution in [2.75, 3.05) is 19.7 Å². The first kappa shape index (κ1) is 19.5. The Hall–Kier alpha value is -3.27. The number of imide groups is 2. The third kappa shape index (κ3) is 3.86. The summed E-state index contributed by atoms with van der Waals surface area (Å²) in [6.07, 6.45) is 0.789. The number of piperidine rings is 1. The van der Waals surface area contributed by atoms with Crippen LogP contribution in [-0.2, 0) is 14.4 Å². The van der Waals surface area contributed by atoms with Gasteiger partial charge in [0.15, 0.2) is 6.61 Å². The molecule has 4 N–H and O–H groups in total. The molecule has 28 heavy (non-hydrogen) atoms. The SMILES string of the molecule is NCCCNC(=O)COc1ccc2c(c1)C(=O)N(C1CCC(=O)NC1=O)C2=O. The second-order valence-corrected chi connectivity index (χ2v) is 6.44. The van der Waals surface area contributed by atoms with Gasteiger partial charge >= 0.3 is 0 Å². The lowest BCUT2D eigenvalue weighted by Crippen LogP contribution is -2.54. The lowest BCUT2D eigenvalue weighted by Gasteiger charge is -2.27. The highest BCUT2D eigenvalue weighted by Crippen LogP contribution is 2.30. The molecule has 0 spiro atoms. The smallest absolute Gasteiger partial charge is 0.262 e. The summed E-state index contributed by atoms with van der Waals surface area (Å²) in [5.74, 6) is -2.41. The highest BCUT2D eigenvalue weighted by molar-refractivity contribution is 6.23. The maximum absolute atomic E-state index is 12.7. The Balaban J connectivity index is 1.69. The number of fused-ring (bicyclic) bond motifs is 1. The molecule has 10 heteroatoms. The van der Waals surface area contributed by atoms with Crippen LogP contribution in [0.2, 0.25) is 0 Å². The minimum atomic E-state index is -1.03. The molecule has 0 aliphatic carbocycles. The second kappa shape index (κ2) is 8.17. The quantitative estimate of drug-likeness (QED) is 0.398.